The number of ketones is 1. The van der Waals surface area contributed by atoms with Crippen LogP contribution in [0.5, 0.6) is 5.75 Å². The Morgan fingerprint density at radius 1 is 0.656 bits per heavy atom. The van der Waals surface area contributed by atoms with Gasteiger partial charge in [-0.1, -0.05) is 53.5 Å². The maximum atomic E-state index is 14.5. The number of phenolic OH excluding ortho intramolecular Hbond substituents is 1. The normalized spacial score (nSPS) is 11.5. The van der Waals surface area contributed by atoms with Gasteiger partial charge in [-0.25, -0.2) is 4.79 Å². The van der Waals surface area contributed by atoms with E-state index in [0.717, 1.165) is 34.2 Å². The van der Waals surface area contributed by atoms with Crippen LogP contribution in [-0.4, -0.2) is 51.7 Å². The number of aromatic carboxylic acids is 1. The lowest BCUT2D eigenvalue weighted by atomic mass is 9.87. The van der Waals surface area contributed by atoms with Gasteiger partial charge in [0.05, 0.1) is 49.5 Å². The van der Waals surface area contributed by atoms with Gasteiger partial charge in [0, 0.05) is 85.1 Å². The molecule has 2 N–H and O–H groups in total. The quantitative estimate of drug-likeness (QED) is 0.0741. The number of aryl methyl sites for hydroxylation is 2. The van der Waals surface area contributed by atoms with Crippen LogP contribution in [0.4, 0.5) is 0 Å². The van der Waals surface area contributed by atoms with E-state index >= 15 is 0 Å². The molecule has 6 aromatic rings. The summed E-state index contributed by atoms with van der Waals surface area (Å²) in [5.41, 5.74) is 5.57. The van der Waals surface area contributed by atoms with Crippen LogP contribution in [0.25, 0.3) is 33.4 Å². The summed E-state index contributed by atoms with van der Waals surface area (Å²) in [5, 5.41) is 22.8. The molecule has 64 heavy (non-hydrogen) atoms. The first-order chi connectivity index (χ1) is 30.8. The number of aromatic hydroxyl groups is 1. The molecule has 322 valence electrons. The van der Waals surface area contributed by atoms with Crippen molar-refractivity contribution in [3.05, 3.63) is 192 Å². The van der Waals surface area contributed by atoms with Gasteiger partial charge < -0.3 is 14.6 Å². The van der Waals surface area contributed by atoms with Crippen LogP contribution in [0.15, 0.2) is 125 Å². The van der Waals surface area contributed by atoms with E-state index in [4.69, 9.17) is 37.6 Å². The van der Waals surface area contributed by atoms with Gasteiger partial charge >= 0.3 is 5.97 Å². The highest BCUT2D eigenvalue weighted by molar-refractivity contribution is 6.33. The van der Waals surface area contributed by atoms with Crippen LogP contribution >= 0.6 is 23.2 Å². The molecule has 0 spiro atoms. The van der Waals surface area contributed by atoms with Gasteiger partial charge in [0.25, 0.3) is 0 Å². The first-order valence-corrected chi connectivity index (χ1v) is 21.2. The van der Waals surface area contributed by atoms with Crippen molar-refractivity contribution in [2.45, 2.75) is 60.0 Å². The lowest BCUT2D eigenvalue weighted by Crippen LogP contribution is -2.27. The molecule has 0 amide bonds. The number of halogens is 2. The van der Waals surface area contributed by atoms with Crippen LogP contribution in [0.1, 0.15) is 72.9 Å². The SMILES string of the molecule is CC(=O)c1ccc(C(=O)O)c(-c2c3cc(Cl)c(=O)c(CN(Cc4ccccn4)Cc4cccc(C)n4)c-3oc3c(CN(Cc4ccccn4)Cc4cccc(C)n4)c(O)c(Cl)cc23)c1. The molecule has 0 saturated heterocycles. The largest absolute Gasteiger partial charge is 0.506 e. The predicted octanol–water partition coefficient (Wildman–Crippen LogP) is 10.1. The van der Waals surface area contributed by atoms with Gasteiger partial charge in [0.2, 0.25) is 5.43 Å². The predicted molar refractivity (Wildman–Crippen MR) is 246 cm³/mol. The number of carboxylic acid groups (broad SMARTS) is 1. The minimum absolute atomic E-state index is 0.00442. The Morgan fingerprint density at radius 3 is 1.75 bits per heavy atom. The molecule has 0 unspecified atom stereocenters. The number of phenols is 1. The Balaban J connectivity index is 1.41. The fourth-order valence-corrected chi connectivity index (χ4v) is 8.44. The maximum absolute atomic E-state index is 14.5. The topological polar surface area (TPSA) is 163 Å². The molecule has 1 aliphatic heterocycles. The number of nitrogens with zero attached hydrogens (tertiary/aromatic N) is 6. The van der Waals surface area contributed by atoms with E-state index in [-0.39, 0.29) is 79.4 Å². The standard InChI is InChI=1S/C50H42Cl2N6O6/c1-29-10-8-14-35(55-29)25-57(23-33-12-4-6-18-53-33)27-41-46(60)43(51)21-39-45(38-20-32(31(3)59)16-17-37(38)50(62)63)40-22-44(52)47(61)42(49(40)64-48(39)41)28-58(24-34-13-5-7-19-54-34)26-36-15-9-11-30(2)56-36/h4-22,60H,23-28H2,1-3H3,(H,62,63). The Hall–Kier alpha value is -6.83. The van der Waals surface area contributed by atoms with E-state index in [1.165, 1.54) is 37.3 Å². The summed E-state index contributed by atoms with van der Waals surface area (Å²) in [6, 6.07) is 29.9. The molecule has 12 nitrogen and oxygen atoms in total. The highest BCUT2D eigenvalue weighted by Gasteiger charge is 2.31. The molecule has 2 aliphatic rings. The van der Waals surface area contributed by atoms with Crippen molar-refractivity contribution in [1.29, 1.82) is 0 Å². The molecule has 4 aromatic heterocycles. The lowest BCUT2D eigenvalue weighted by molar-refractivity contribution is 0.0697. The molecule has 0 fully saturated rings. The average molecular weight is 894 g/mol. The van der Waals surface area contributed by atoms with E-state index in [1.807, 2.05) is 96.4 Å². The second kappa shape index (κ2) is 18.9. The first-order valence-electron chi connectivity index (χ1n) is 20.4. The molecule has 8 rings (SSSR count). The molecular weight excluding hydrogens is 851 g/mol. The molecule has 0 bridgehead atoms. The maximum Gasteiger partial charge on any atom is 0.336 e. The van der Waals surface area contributed by atoms with E-state index in [9.17, 15) is 24.6 Å². The minimum Gasteiger partial charge on any atom is -0.506 e. The van der Waals surface area contributed by atoms with Crippen molar-refractivity contribution < 1.29 is 24.2 Å². The van der Waals surface area contributed by atoms with Crippen LogP contribution in [0.2, 0.25) is 10.0 Å². The van der Waals surface area contributed by atoms with E-state index in [2.05, 4.69) is 9.97 Å². The number of benzene rings is 3. The molecule has 0 atom stereocenters. The summed E-state index contributed by atoms with van der Waals surface area (Å²) in [6.07, 6.45) is 3.40. The number of pyridine rings is 4. The fraction of sp³-hybridized carbons (Fsp3) is 0.180. The zero-order chi connectivity index (χ0) is 45.1. The van der Waals surface area contributed by atoms with Crippen molar-refractivity contribution in [2.75, 3.05) is 0 Å². The third kappa shape index (κ3) is 9.55. The van der Waals surface area contributed by atoms with Crippen molar-refractivity contribution in [1.82, 2.24) is 29.7 Å². The Kier molecular flexibility index (Phi) is 12.9. The van der Waals surface area contributed by atoms with Crippen molar-refractivity contribution in [3.63, 3.8) is 0 Å². The van der Waals surface area contributed by atoms with Crippen molar-refractivity contribution in [3.8, 4) is 28.2 Å². The van der Waals surface area contributed by atoms with Gasteiger partial charge in [-0.3, -0.25) is 39.3 Å². The highest BCUT2D eigenvalue weighted by Crippen LogP contribution is 2.48. The number of aromatic nitrogens is 4. The second-order valence-electron chi connectivity index (χ2n) is 15.7. The Morgan fingerprint density at radius 2 is 1.22 bits per heavy atom. The summed E-state index contributed by atoms with van der Waals surface area (Å²) in [4.78, 5) is 63.1. The van der Waals surface area contributed by atoms with Gasteiger partial charge in [-0.05, 0) is 99.1 Å². The smallest absolute Gasteiger partial charge is 0.336 e. The van der Waals surface area contributed by atoms with Crippen LogP contribution in [-0.2, 0) is 39.3 Å². The van der Waals surface area contributed by atoms with Crippen molar-refractivity contribution >= 4 is 45.9 Å². The summed E-state index contributed by atoms with van der Waals surface area (Å²) >= 11 is 13.8. The van der Waals surface area contributed by atoms with Crippen LogP contribution in [0.3, 0.4) is 0 Å². The van der Waals surface area contributed by atoms with E-state index in [1.54, 1.807) is 12.4 Å². The number of Topliss-reactive ketones (excluding diaryl/α,β-unsaturated/α-hetero) is 1. The molecule has 5 heterocycles. The summed E-state index contributed by atoms with van der Waals surface area (Å²) in [7, 11) is 0. The third-order valence-electron chi connectivity index (χ3n) is 10.9. The van der Waals surface area contributed by atoms with Gasteiger partial charge in [-0.2, -0.15) is 0 Å². The third-order valence-corrected chi connectivity index (χ3v) is 11.5. The number of hydrogen-bond acceptors (Lipinski definition) is 11. The second-order valence-corrected chi connectivity index (χ2v) is 16.5. The zero-order valence-electron chi connectivity index (χ0n) is 35.2. The molecule has 0 radical (unpaired) electrons. The zero-order valence-corrected chi connectivity index (χ0v) is 36.7. The Bertz CT molecular complexity index is 3070. The van der Waals surface area contributed by atoms with Gasteiger partial charge in [-0.15, -0.1) is 0 Å². The summed E-state index contributed by atoms with van der Waals surface area (Å²) in [5.74, 6) is -1.73. The molecule has 2 aromatic carbocycles. The summed E-state index contributed by atoms with van der Waals surface area (Å²) in [6.45, 7) is 6.52. The molecule has 1 aliphatic carbocycles. The number of fused-ring (bicyclic) bond motifs is 2. The number of carboxylic acids is 1. The number of carbonyl (C=O) groups excluding carboxylic acids is 1. The Labute approximate surface area is 378 Å². The fourth-order valence-electron chi connectivity index (χ4n) is 7.99. The number of hydrogen-bond donors (Lipinski definition) is 2. The monoisotopic (exact) mass is 892 g/mol. The van der Waals surface area contributed by atoms with Crippen LogP contribution in [0, 0.1) is 13.8 Å². The van der Waals surface area contributed by atoms with E-state index in [0.29, 0.717) is 37.1 Å². The number of rotatable bonds is 15. The molecule has 14 heteroatoms. The average Bonchev–Trinajstić information content (AvgIpc) is 3.27. The lowest BCUT2D eigenvalue weighted by Gasteiger charge is -2.26. The van der Waals surface area contributed by atoms with Crippen LogP contribution < -0.4 is 5.43 Å². The minimum atomic E-state index is -1.26. The molecule has 0 saturated carbocycles. The summed E-state index contributed by atoms with van der Waals surface area (Å²) < 4.78 is 6.95. The number of carbonyl (C=O) groups is 2. The van der Waals surface area contributed by atoms with Crippen molar-refractivity contribution in [2.24, 2.45) is 0 Å². The molecular formula is C50H42Cl2N6O6. The van der Waals surface area contributed by atoms with E-state index < -0.39 is 11.4 Å². The van der Waals surface area contributed by atoms with Gasteiger partial charge in [0.1, 0.15) is 17.1 Å². The first kappa shape index (κ1) is 43.8. The van der Waals surface area contributed by atoms with Gasteiger partial charge in [0.15, 0.2) is 5.78 Å². The highest BCUT2D eigenvalue weighted by atomic mass is 35.5.